The number of halogens is 1. The summed E-state index contributed by atoms with van der Waals surface area (Å²) in [7, 11) is -3.33. The Bertz CT molecular complexity index is 1040. The standard InChI is InChI=1S/C18H23ClN2O4S2/c1-21(2)17(14-7-5-6-8-15(14)19)12-20-16-10-9-13(26(3,22)23)11-18(16)27(4,24)25/h5-11,17,20H,12H2,1-4H3/t17-/m0/s1. The number of nitrogens with one attached hydrogen (secondary N) is 1. The van der Waals surface area contributed by atoms with E-state index < -0.39 is 19.7 Å². The molecule has 2 aromatic carbocycles. The average Bonchev–Trinajstić information content (AvgIpc) is 2.54. The summed E-state index contributed by atoms with van der Waals surface area (Å²) in [6, 6.07) is 11.4. The van der Waals surface area contributed by atoms with E-state index in [1.165, 1.54) is 18.2 Å². The topological polar surface area (TPSA) is 83.6 Å². The normalized spacial score (nSPS) is 13.6. The highest BCUT2D eigenvalue weighted by Crippen LogP contribution is 2.29. The number of anilines is 1. The van der Waals surface area contributed by atoms with Crippen LogP contribution in [0, 0.1) is 0 Å². The first-order valence-corrected chi connectivity index (χ1v) is 12.3. The largest absolute Gasteiger partial charge is 0.382 e. The van der Waals surface area contributed by atoms with Crippen LogP contribution in [0.3, 0.4) is 0 Å². The summed E-state index contributed by atoms with van der Waals surface area (Å²) in [5.41, 5.74) is 1.26. The van der Waals surface area contributed by atoms with E-state index in [1.54, 1.807) is 6.07 Å². The Morgan fingerprint density at radius 1 is 1.00 bits per heavy atom. The molecule has 0 unspecified atom stereocenters. The van der Waals surface area contributed by atoms with Gasteiger partial charge >= 0.3 is 0 Å². The zero-order valence-electron chi connectivity index (χ0n) is 15.6. The van der Waals surface area contributed by atoms with Gasteiger partial charge < -0.3 is 10.2 Å². The Morgan fingerprint density at radius 2 is 1.63 bits per heavy atom. The molecule has 0 bridgehead atoms. The Hall–Kier alpha value is -1.61. The molecular weight excluding hydrogens is 408 g/mol. The Balaban J connectivity index is 2.40. The van der Waals surface area contributed by atoms with Crippen molar-refractivity contribution in [2.45, 2.75) is 15.8 Å². The number of nitrogens with zero attached hydrogens (tertiary/aromatic N) is 1. The minimum absolute atomic E-state index is 0.0382. The summed E-state index contributed by atoms with van der Waals surface area (Å²) >= 11 is 6.30. The predicted octanol–water partition coefficient (Wildman–Crippen LogP) is 2.86. The summed E-state index contributed by atoms with van der Waals surface area (Å²) in [4.78, 5) is 1.88. The van der Waals surface area contributed by atoms with Crippen LogP contribution in [0.2, 0.25) is 5.02 Å². The van der Waals surface area contributed by atoms with Gasteiger partial charge in [-0.1, -0.05) is 29.8 Å². The van der Waals surface area contributed by atoms with Crippen LogP contribution in [0.15, 0.2) is 52.3 Å². The van der Waals surface area contributed by atoms with Crippen molar-refractivity contribution in [3.63, 3.8) is 0 Å². The number of hydrogen-bond donors (Lipinski definition) is 1. The van der Waals surface area contributed by atoms with Crippen LogP contribution in [0.5, 0.6) is 0 Å². The van der Waals surface area contributed by atoms with Gasteiger partial charge in [0.15, 0.2) is 19.7 Å². The summed E-state index contributed by atoms with van der Waals surface area (Å²) in [6.07, 6.45) is 2.10. The summed E-state index contributed by atoms with van der Waals surface area (Å²) in [5.74, 6) is 0. The molecule has 0 fully saturated rings. The first kappa shape index (κ1) is 21.7. The lowest BCUT2D eigenvalue weighted by Gasteiger charge is -2.27. The highest BCUT2D eigenvalue weighted by molar-refractivity contribution is 7.91. The van der Waals surface area contributed by atoms with E-state index in [0.717, 1.165) is 18.1 Å². The maximum absolute atomic E-state index is 12.2. The molecule has 0 spiro atoms. The number of hydrogen-bond acceptors (Lipinski definition) is 6. The fourth-order valence-corrected chi connectivity index (χ4v) is 4.57. The van der Waals surface area contributed by atoms with Crippen LogP contribution >= 0.6 is 11.6 Å². The second kappa shape index (κ2) is 8.18. The van der Waals surface area contributed by atoms with E-state index in [0.29, 0.717) is 17.3 Å². The van der Waals surface area contributed by atoms with E-state index in [9.17, 15) is 16.8 Å². The molecule has 2 rings (SSSR count). The molecule has 1 N–H and O–H groups in total. The lowest BCUT2D eigenvalue weighted by Crippen LogP contribution is -2.27. The van der Waals surface area contributed by atoms with Crippen molar-refractivity contribution in [1.82, 2.24) is 4.90 Å². The molecule has 0 saturated carbocycles. The molecule has 0 aliphatic heterocycles. The highest BCUT2D eigenvalue weighted by atomic mass is 35.5. The first-order valence-electron chi connectivity index (χ1n) is 8.10. The van der Waals surface area contributed by atoms with Crippen LogP contribution in [0.25, 0.3) is 0 Å². The minimum atomic E-state index is -3.62. The van der Waals surface area contributed by atoms with Crippen molar-refractivity contribution in [3.05, 3.63) is 53.1 Å². The van der Waals surface area contributed by atoms with Crippen LogP contribution in [-0.2, 0) is 19.7 Å². The van der Waals surface area contributed by atoms with Crippen molar-refractivity contribution < 1.29 is 16.8 Å². The first-order chi connectivity index (χ1) is 12.4. The number of rotatable bonds is 7. The quantitative estimate of drug-likeness (QED) is 0.727. The third kappa shape index (κ3) is 5.44. The highest BCUT2D eigenvalue weighted by Gasteiger charge is 2.21. The number of benzene rings is 2. The molecular formula is C18H23ClN2O4S2. The van der Waals surface area contributed by atoms with Crippen LogP contribution in [0.1, 0.15) is 11.6 Å². The molecule has 0 aliphatic rings. The predicted molar refractivity (Wildman–Crippen MR) is 109 cm³/mol. The van der Waals surface area contributed by atoms with Gasteiger partial charge in [0.2, 0.25) is 0 Å². The van der Waals surface area contributed by atoms with Crippen LogP contribution in [-0.4, -0.2) is 54.9 Å². The van der Waals surface area contributed by atoms with E-state index in [2.05, 4.69) is 5.32 Å². The number of likely N-dealkylation sites (N-methyl/N-ethyl adjacent to an activating group) is 1. The van der Waals surface area contributed by atoms with Gasteiger partial charge in [-0.25, -0.2) is 16.8 Å². The molecule has 0 aliphatic carbocycles. The molecule has 148 valence electrons. The minimum Gasteiger partial charge on any atom is -0.382 e. The fourth-order valence-electron chi connectivity index (χ4n) is 2.71. The molecule has 0 saturated heterocycles. The van der Waals surface area contributed by atoms with Crippen molar-refractivity contribution in [2.24, 2.45) is 0 Å². The smallest absolute Gasteiger partial charge is 0.177 e. The monoisotopic (exact) mass is 430 g/mol. The molecule has 0 aromatic heterocycles. The van der Waals surface area contributed by atoms with Crippen LogP contribution < -0.4 is 5.32 Å². The molecule has 0 heterocycles. The second-order valence-corrected chi connectivity index (χ2v) is 11.0. The molecule has 6 nitrogen and oxygen atoms in total. The second-order valence-electron chi connectivity index (χ2n) is 6.58. The van der Waals surface area contributed by atoms with E-state index in [4.69, 9.17) is 11.6 Å². The van der Waals surface area contributed by atoms with Gasteiger partial charge in [0.1, 0.15) is 0 Å². The molecule has 1 atom stereocenters. The molecule has 0 radical (unpaired) electrons. The van der Waals surface area contributed by atoms with Gasteiger partial charge in [0.25, 0.3) is 0 Å². The van der Waals surface area contributed by atoms with Crippen molar-refractivity contribution in [2.75, 3.05) is 38.5 Å². The Labute approximate surface area is 166 Å². The van der Waals surface area contributed by atoms with Crippen molar-refractivity contribution >= 4 is 37.0 Å². The Kier molecular flexibility index (Phi) is 6.57. The van der Waals surface area contributed by atoms with Gasteiger partial charge in [-0.3, -0.25) is 0 Å². The molecule has 2 aromatic rings. The summed E-state index contributed by atoms with van der Waals surface area (Å²) < 4.78 is 47.9. The van der Waals surface area contributed by atoms with E-state index in [1.807, 2.05) is 37.2 Å². The van der Waals surface area contributed by atoms with Gasteiger partial charge in [0.05, 0.1) is 21.5 Å². The fraction of sp³-hybridized carbons (Fsp3) is 0.333. The summed E-state index contributed by atoms with van der Waals surface area (Å²) in [5, 5.41) is 3.75. The lowest BCUT2D eigenvalue weighted by atomic mass is 10.1. The molecule has 0 amide bonds. The third-order valence-electron chi connectivity index (χ3n) is 4.15. The van der Waals surface area contributed by atoms with Gasteiger partial charge in [-0.05, 0) is 43.9 Å². The Morgan fingerprint density at radius 3 is 2.15 bits per heavy atom. The SMILES string of the molecule is CN(C)[C@@H](CNc1ccc(S(C)(=O)=O)cc1S(C)(=O)=O)c1ccccc1Cl. The third-order valence-corrected chi connectivity index (χ3v) is 6.75. The summed E-state index contributed by atoms with van der Waals surface area (Å²) in [6.45, 7) is 0.386. The number of sulfone groups is 2. The average molecular weight is 431 g/mol. The maximum atomic E-state index is 12.2. The van der Waals surface area contributed by atoms with E-state index >= 15 is 0 Å². The van der Waals surface area contributed by atoms with Crippen molar-refractivity contribution in [1.29, 1.82) is 0 Å². The van der Waals surface area contributed by atoms with Gasteiger partial charge in [-0.15, -0.1) is 0 Å². The molecule has 9 heteroatoms. The maximum Gasteiger partial charge on any atom is 0.177 e. The molecule has 27 heavy (non-hydrogen) atoms. The van der Waals surface area contributed by atoms with Gasteiger partial charge in [-0.2, -0.15) is 0 Å². The van der Waals surface area contributed by atoms with Crippen molar-refractivity contribution in [3.8, 4) is 0 Å². The zero-order valence-corrected chi connectivity index (χ0v) is 18.0. The van der Waals surface area contributed by atoms with Crippen LogP contribution in [0.4, 0.5) is 5.69 Å². The lowest BCUT2D eigenvalue weighted by molar-refractivity contribution is 0.312. The zero-order chi connectivity index (χ0) is 20.4. The van der Waals surface area contributed by atoms with Gasteiger partial charge in [0, 0.05) is 24.1 Å². The van der Waals surface area contributed by atoms with E-state index in [-0.39, 0.29) is 15.8 Å².